The Morgan fingerprint density at radius 1 is 1.37 bits per heavy atom. The first-order valence-corrected chi connectivity index (χ1v) is 5.93. The highest BCUT2D eigenvalue weighted by Gasteiger charge is 2.23. The predicted molar refractivity (Wildman–Crippen MR) is 71.5 cm³/mol. The molecule has 0 fully saturated rings. The number of aromatic nitrogens is 1. The minimum atomic E-state index is -0.552. The second-order valence-electron chi connectivity index (χ2n) is 4.06. The highest BCUT2D eigenvalue weighted by atomic mass is 16.5. The minimum absolute atomic E-state index is 0.357. The zero-order valence-electron chi connectivity index (χ0n) is 10.9. The van der Waals surface area contributed by atoms with Gasteiger partial charge in [0.25, 0.3) is 0 Å². The Morgan fingerprint density at radius 3 is 2.68 bits per heavy atom. The van der Waals surface area contributed by atoms with E-state index >= 15 is 0 Å². The molecule has 0 aliphatic rings. The fourth-order valence-corrected chi connectivity index (χ4v) is 1.79. The fraction of sp³-hybridized carbons (Fsp3) is 0.200. The highest BCUT2D eigenvalue weighted by Crippen LogP contribution is 2.22. The van der Waals surface area contributed by atoms with E-state index in [1.165, 1.54) is 13.5 Å². The third-order valence-corrected chi connectivity index (χ3v) is 2.81. The zero-order valence-corrected chi connectivity index (χ0v) is 10.9. The maximum atomic E-state index is 11.8. The van der Waals surface area contributed by atoms with Gasteiger partial charge in [-0.05, 0) is 12.5 Å². The summed E-state index contributed by atoms with van der Waals surface area (Å²) in [5.41, 5.74) is 1.59. The Hall–Kier alpha value is -2.36. The van der Waals surface area contributed by atoms with Crippen LogP contribution >= 0.6 is 0 Å². The van der Waals surface area contributed by atoms with Crippen molar-refractivity contribution in [2.75, 3.05) is 7.11 Å². The average molecular weight is 257 g/mol. The summed E-state index contributed by atoms with van der Waals surface area (Å²) in [4.78, 5) is 15.9. The van der Waals surface area contributed by atoms with Crippen molar-refractivity contribution in [3.8, 4) is 0 Å². The molecule has 1 unspecified atom stereocenters. The monoisotopic (exact) mass is 257 g/mol. The Bertz CT molecular complexity index is 572. The van der Waals surface area contributed by atoms with Crippen LogP contribution in [0.25, 0.3) is 6.08 Å². The summed E-state index contributed by atoms with van der Waals surface area (Å²) >= 11 is 0. The van der Waals surface area contributed by atoms with Crippen LogP contribution in [0.15, 0.2) is 47.2 Å². The first-order chi connectivity index (χ1) is 9.22. The van der Waals surface area contributed by atoms with Crippen LogP contribution < -0.4 is 0 Å². The van der Waals surface area contributed by atoms with Crippen LogP contribution in [0.2, 0.25) is 0 Å². The van der Waals surface area contributed by atoms with Crippen LogP contribution in [0, 0.1) is 6.92 Å². The molecule has 4 nitrogen and oxygen atoms in total. The lowest BCUT2D eigenvalue weighted by atomic mass is 10.0. The standard InChI is InChI=1S/C15H15NO3/c1-11-14(16-10-19-11)13(15(17)18-2)9-8-12-6-4-3-5-7-12/h3-10,13H,1-2H3. The van der Waals surface area contributed by atoms with Gasteiger partial charge >= 0.3 is 5.97 Å². The lowest BCUT2D eigenvalue weighted by molar-refractivity contribution is -0.141. The molecule has 0 radical (unpaired) electrons. The van der Waals surface area contributed by atoms with Gasteiger partial charge in [-0.25, -0.2) is 4.98 Å². The smallest absolute Gasteiger partial charge is 0.318 e. The minimum Gasteiger partial charge on any atom is -0.468 e. The SMILES string of the molecule is COC(=O)C(C=Cc1ccccc1)c1ncoc1C. The summed E-state index contributed by atoms with van der Waals surface area (Å²) < 4.78 is 9.95. The molecule has 0 amide bonds. The third-order valence-electron chi connectivity index (χ3n) is 2.81. The molecule has 98 valence electrons. The molecule has 1 aromatic heterocycles. The second kappa shape index (κ2) is 6.00. The van der Waals surface area contributed by atoms with Crippen molar-refractivity contribution >= 4 is 12.0 Å². The van der Waals surface area contributed by atoms with E-state index in [2.05, 4.69) is 4.98 Å². The van der Waals surface area contributed by atoms with E-state index in [1.54, 1.807) is 13.0 Å². The first-order valence-electron chi connectivity index (χ1n) is 5.93. The van der Waals surface area contributed by atoms with Crippen LogP contribution in [0.4, 0.5) is 0 Å². The van der Waals surface area contributed by atoms with Gasteiger partial charge in [0.1, 0.15) is 11.7 Å². The topological polar surface area (TPSA) is 52.3 Å². The van der Waals surface area contributed by atoms with E-state index in [0.29, 0.717) is 11.5 Å². The fourth-order valence-electron chi connectivity index (χ4n) is 1.79. The number of ether oxygens (including phenoxy) is 1. The molecule has 1 aromatic carbocycles. The van der Waals surface area contributed by atoms with Gasteiger partial charge in [-0.3, -0.25) is 4.79 Å². The van der Waals surface area contributed by atoms with Crippen LogP contribution in [-0.2, 0) is 9.53 Å². The normalized spacial score (nSPS) is 12.5. The molecule has 2 rings (SSSR count). The van der Waals surface area contributed by atoms with Crippen molar-refractivity contribution < 1.29 is 13.9 Å². The average Bonchev–Trinajstić information content (AvgIpc) is 2.86. The largest absolute Gasteiger partial charge is 0.468 e. The molecule has 0 aliphatic heterocycles. The number of carbonyl (C=O) groups is 1. The maximum Gasteiger partial charge on any atom is 0.318 e. The molecule has 0 spiro atoms. The maximum absolute atomic E-state index is 11.8. The van der Waals surface area contributed by atoms with Crippen LogP contribution in [0.3, 0.4) is 0 Å². The van der Waals surface area contributed by atoms with Gasteiger partial charge in [0.05, 0.1) is 12.8 Å². The molecule has 1 heterocycles. The van der Waals surface area contributed by atoms with E-state index in [-0.39, 0.29) is 5.97 Å². The predicted octanol–water partition coefficient (Wildman–Crippen LogP) is 2.95. The first kappa shape index (κ1) is 13.1. The van der Waals surface area contributed by atoms with Crippen molar-refractivity contribution in [2.24, 2.45) is 0 Å². The van der Waals surface area contributed by atoms with E-state index < -0.39 is 5.92 Å². The summed E-state index contributed by atoms with van der Waals surface area (Å²) in [6.45, 7) is 1.77. The molecule has 1 atom stereocenters. The molecule has 19 heavy (non-hydrogen) atoms. The van der Waals surface area contributed by atoms with E-state index in [9.17, 15) is 4.79 Å². The van der Waals surface area contributed by atoms with Gasteiger partial charge in [-0.1, -0.05) is 42.5 Å². The number of rotatable bonds is 4. The van der Waals surface area contributed by atoms with Gasteiger partial charge in [-0.2, -0.15) is 0 Å². The van der Waals surface area contributed by atoms with Crippen LogP contribution in [0.5, 0.6) is 0 Å². The van der Waals surface area contributed by atoms with Gasteiger partial charge in [-0.15, -0.1) is 0 Å². The second-order valence-corrected chi connectivity index (χ2v) is 4.06. The third kappa shape index (κ3) is 3.10. The van der Waals surface area contributed by atoms with Gasteiger partial charge < -0.3 is 9.15 Å². The summed E-state index contributed by atoms with van der Waals surface area (Å²) in [5.74, 6) is -0.291. The Labute approximate surface area is 111 Å². The summed E-state index contributed by atoms with van der Waals surface area (Å²) in [6, 6.07) is 9.74. The molecule has 0 saturated heterocycles. The molecule has 4 heteroatoms. The molecule has 0 aliphatic carbocycles. The number of carbonyl (C=O) groups excluding carboxylic acids is 1. The number of benzene rings is 1. The van der Waals surface area contributed by atoms with Crippen LogP contribution in [-0.4, -0.2) is 18.1 Å². The lowest BCUT2D eigenvalue weighted by Gasteiger charge is -2.08. The molecule has 0 N–H and O–H groups in total. The number of hydrogen-bond donors (Lipinski definition) is 0. The van der Waals surface area contributed by atoms with Gasteiger partial charge in [0, 0.05) is 0 Å². The summed E-state index contributed by atoms with van der Waals surface area (Å²) in [6.07, 6.45) is 4.97. The molecular weight excluding hydrogens is 242 g/mol. The summed E-state index contributed by atoms with van der Waals surface area (Å²) in [5, 5.41) is 0. The number of aryl methyl sites for hydroxylation is 1. The highest BCUT2D eigenvalue weighted by molar-refractivity contribution is 5.81. The van der Waals surface area contributed by atoms with Gasteiger partial charge in [0.2, 0.25) is 0 Å². The molecular formula is C15H15NO3. The molecule has 0 bridgehead atoms. The Morgan fingerprint density at radius 2 is 2.11 bits per heavy atom. The number of nitrogens with zero attached hydrogens (tertiary/aromatic N) is 1. The quantitative estimate of drug-likeness (QED) is 0.790. The number of hydrogen-bond acceptors (Lipinski definition) is 4. The number of oxazole rings is 1. The van der Waals surface area contributed by atoms with Gasteiger partial charge in [0.15, 0.2) is 6.39 Å². The van der Waals surface area contributed by atoms with Crippen molar-refractivity contribution in [3.05, 3.63) is 59.8 Å². The Kier molecular flexibility index (Phi) is 4.13. The van der Waals surface area contributed by atoms with Crippen molar-refractivity contribution in [1.29, 1.82) is 0 Å². The van der Waals surface area contributed by atoms with E-state index in [1.807, 2.05) is 36.4 Å². The van der Waals surface area contributed by atoms with E-state index in [4.69, 9.17) is 9.15 Å². The molecule has 2 aromatic rings. The van der Waals surface area contributed by atoms with Crippen molar-refractivity contribution in [2.45, 2.75) is 12.8 Å². The number of methoxy groups -OCH3 is 1. The molecule has 0 saturated carbocycles. The number of esters is 1. The van der Waals surface area contributed by atoms with Crippen molar-refractivity contribution in [3.63, 3.8) is 0 Å². The Balaban J connectivity index is 2.27. The van der Waals surface area contributed by atoms with Crippen LogP contribution in [0.1, 0.15) is 22.9 Å². The lowest BCUT2D eigenvalue weighted by Crippen LogP contribution is -2.13. The summed E-state index contributed by atoms with van der Waals surface area (Å²) in [7, 11) is 1.36. The van der Waals surface area contributed by atoms with Crippen molar-refractivity contribution in [1.82, 2.24) is 4.98 Å². The van der Waals surface area contributed by atoms with E-state index in [0.717, 1.165) is 5.56 Å². The zero-order chi connectivity index (χ0) is 13.7.